The van der Waals surface area contributed by atoms with E-state index in [1.807, 2.05) is 163 Å². The highest BCUT2D eigenvalue weighted by Crippen LogP contribution is 2.38. The summed E-state index contributed by atoms with van der Waals surface area (Å²) < 4.78 is 111. The summed E-state index contributed by atoms with van der Waals surface area (Å²) in [5.41, 5.74) is 6.83. The lowest BCUT2D eigenvalue weighted by molar-refractivity contribution is -0.198. The van der Waals surface area contributed by atoms with Crippen LogP contribution in [-0.2, 0) is 33.2 Å². The Morgan fingerprint density at radius 2 is 0.674 bits per heavy atom. The molecule has 3 fully saturated rings. The van der Waals surface area contributed by atoms with Gasteiger partial charge in [0.15, 0.2) is 34.6 Å². The minimum absolute atomic E-state index is 0.0723. The minimum atomic E-state index is -4.59. The van der Waals surface area contributed by atoms with Gasteiger partial charge in [0, 0.05) is 61.3 Å². The number of ether oxygens (including phenoxy) is 14. The van der Waals surface area contributed by atoms with Crippen LogP contribution < -0.4 is 33.2 Å². The van der Waals surface area contributed by atoms with Gasteiger partial charge in [-0.2, -0.15) is 13.2 Å². The molecule has 2 unspecified atom stereocenters. The molecule has 0 radical (unpaired) electrons. The molecule has 2 atom stereocenters. The number of hydrogen-bond donors (Lipinski definition) is 0. The Morgan fingerprint density at radius 1 is 0.380 bits per heavy atom. The summed E-state index contributed by atoms with van der Waals surface area (Å²) in [6.07, 6.45) is 1.33. The highest BCUT2D eigenvalue weighted by Gasteiger charge is 2.40. The summed E-state index contributed by atoms with van der Waals surface area (Å²) in [5, 5.41) is 11.4. The molecule has 2 saturated carbocycles. The molecular formula is C93H98ClF3N6O20S6. The summed E-state index contributed by atoms with van der Waals surface area (Å²) >= 11 is 14.1. The van der Waals surface area contributed by atoms with Gasteiger partial charge in [0.05, 0.1) is 73.2 Å². The summed E-state index contributed by atoms with van der Waals surface area (Å²) in [4.78, 5) is 97.0. The standard InChI is InChI=1S/C17H19NO3S.C16H17NO4S.C16H17NO3S.C15H14F3NO3S.C15H17NO4S.C14H14ClNO3S/c1-2-20-13-9-7-12(8-10-13)16-18-15(11-22-16)17(19)21-14-5-3-4-6-14;1-2-20-12-5-3-11(4-6-12)15-17-14(10-22-15)16(18)21-13-7-8-19-9-13;1-2-19-12-8-6-11(7-9-12)15-17-14(10-21-15)16(18)20-13-4-3-5-13;1-3-21-11-6-4-10(5-7-11)13-19-12(8-23-13)14(20)22-9(2)15(16,17)18;1-4-19-11-8-6-10(7-9-11)13-16-12(14(17)20-5-2)15(18-3)21-13;1-3-18-10-7-5-9(6-8-10)13-16-11(12(15)20-13)14(17)19-4-2/h7-11,14H,2-6H2,1H3;3-6,10,13H,2,7-9H2,1H3;6-10,13H,2-5H2,1H3;4-9H,3H2,1-2H3;6-9H,4-5H2,1-3H3;5-8H,3-4H2,1-2H3. The van der Waals surface area contributed by atoms with Crippen LogP contribution in [0.1, 0.15) is 177 Å². The molecule has 6 aromatic heterocycles. The molecule has 26 nitrogen and oxygen atoms in total. The molecule has 3 aliphatic rings. The largest absolute Gasteiger partial charge is 0.494 e. The summed E-state index contributed by atoms with van der Waals surface area (Å²) in [6, 6.07) is 45.2. The number of halogens is 4. The quantitative estimate of drug-likeness (QED) is 0.0288. The molecule has 1 saturated heterocycles. The van der Waals surface area contributed by atoms with Crippen LogP contribution in [0.3, 0.4) is 0 Å². The summed E-state index contributed by atoms with van der Waals surface area (Å²) in [6.45, 7) is 21.3. The van der Waals surface area contributed by atoms with E-state index < -0.39 is 30.2 Å². The molecule has 684 valence electrons. The van der Waals surface area contributed by atoms with E-state index in [9.17, 15) is 41.9 Å². The van der Waals surface area contributed by atoms with Crippen LogP contribution in [0.15, 0.2) is 167 Å². The van der Waals surface area contributed by atoms with Crippen LogP contribution in [0.4, 0.5) is 13.2 Å². The van der Waals surface area contributed by atoms with Crippen molar-refractivity contribution in [1.29, 1.82) is 0 Å². The molecule has 15 rings (SSSR count). The molecule has 7 heterocycles. The lowest BCUT2D eigenvalue weighted by Crippen LogP contribution is -2.31. The van der Waals surface area contributed by atoms with E-state index in [2.05, 4.69) is 34.6 Å². The van der Waals surface area contributed by atoms with E-state index in [0.29, 0.717) is 113 Å². The molecule has 129 heavy (non-hydrogen) atoms. The van der Waals surface area contributed by atoms with Crippen molar-refractivity contribution in [2.45, 2.75) is 144 Å². The molecule has 12 aromatic rings. The first-order valence-electron chi connectivity index (χ1n) is 41.7. The first-order chi connectivity index (χ1) is 62.4. The lowest BCUT2D eigenvalue weighted by atomic mass is 9.96. The molecular weight excluding hydrogens is 1810 g/mol. The predicted octanol–water partition coefficient (Wildman–Crippen LogP) is 23.1. The van der Waals surface area contributed by atoms with Gasteiger partial charge >= 0.3 is 42.0 Å². The Bertz CT molecular complexity index is 5390. The maximum atomic E-state index is 12.4. The number of carbonyl (C=O) groups is 6. The molecule has 0 amide bonds. The van der Waals surface area contributed by atoms with E-state index in [0.717, 1.165) is 147 Å². The molecule has 6 aromatic carbocycles. The highest BCUT2D eigenvalue weighted by molar-refractivity contribution is 7.19. The first kappa shape index (κ1) is 99.7. The monoisotopic (exact) mass is 1900 g/mol. The number of carbonyl (C=O) groups excluding carboxylic acids is 6. The topological polar surface area (TPSA) is 309 Å². The van der Waals surface area contributed by atoms with Crippen molar-refractivity contribution < 1.29 is 108 Å². The van der Waals surface area contributed by atoms with Crippen molar-refractivity contribution >= 4 is 115 Å². The summed E-state index contributed by atoms with van der Waals surface area (Å²) in [7, 11) is 1.51. The SMILES string of the molecule is CCOC(=O)c1nc(-c2ccc(OCC)cc2)sc1Cl.CCOC(=O)c1nc(-c2ccc(OCC)cc2)sc1OC.CCOc1ccc(-c2nc(C(=O)OC(C)C(F)(F)F)cs2)cc1.CCOc1ccc(-c2nc(C(=O)OC3CCC3)cs2)cc1.CCOc1ccc(-c2nc(C(=O)OC3CCCC3)cs2)cc1.CCOc1ccc(-c2nc(C(=O)OC3CCOC3)cs2)cc1. The number of aromatic nitrogens is 6. The molecule has 1 aliphatic heterocycles. The molecule has 36 heteroatoms. The van der Waals surface area contributed by atoms with Crippen LogP contribution in [0, 0.1) is 0 Å². The Morgan fingerprint density at radius 3 is 0.961 bits per heavy atom. The number of rotatable bonds is 31. The van der Waals surface area contributed by atoms with Crippen molar-refractivity contribution in [2.24, 2.45) is 0 Å². The Kier molecular flexibility index (Phi) is 39.5. The Balaban J connectivity index is 0.000000161. The smallest absolute Gasteiger partial charge is 0.425 e. The number of thiazole rings is 6. The van der Waals surface area contributed by atoms with Gasteiger partial charge in [0.2, 0.25) is 10.8 Å². The third-order valence-electron chi connectivity index (χ3n) is 18.4. The third-order valence-corrected chi connectivity index (χ3v) is 24.4. The Hall–Kier alpha value is -11.4. The van der Waals surface area contributed by atoms with E-state index in [4.69, 9.17) is 73.2 Å². The van der Waals surface area contributed by atoms with E-state index in [1.54, 1.807) is 54.3 Å². The van der Waals surface area contributed by atoms with Crippen LogP contribution in [0.5, 0.6) is 39.6 Å². The van der Waals surface area contributed by atoms with Crippen LogP contribution in [0.25, 0.3) is 63.4 Å². The molecule has 0 spiro atoms. The summed E-state index contributed by atoms with van der Waals surface area (Å²) in [5.74, 6) is 1.73. The van der Waals surface area contributed by atoms with Gasteiger partial charge in [-0.3, -0.25) is 0 Å². The molecule has 0 N–H and O–H groups in total. The fraction of sp³-hybridized carbons (Fsp3) is 0.355. The van der Waals surface area contributed by atoms with Crippen LogP contribution in [-0.4, -0.2) is 169 Å². The maximum Gasteiger partial charge on any atom is 0.425 e. The van der Waals surface area contributed by atoms with Crippen molar-refractivity contribution in [3.63, 3.8) is 0 Å². The van der Waals surface area contributed by atoms with E-state index >= 15 is 0 Å². The second-order valence-corrected chi connectivity index (χ2v) is 33.6. The number of methoxy groups -OCH3 is 1. The van der Waals surface area contributed by atoms with Gasteiger partial charge in [0.25, 0.3) is 0 Å². The highest BCUT2D eigenvalue weighted by atomic mass is 35.5. The number of benzene rings is 6. The number of alkyl halides is 3. The van der Waals surface area contributed by atoms with Gasteiger partial charge < -0.3 is 66.3 Å². The minimum Gasteiger partial charge on any atom is -0.494 e. The van der Waals surface area contributed by atoms with Gasteiger partial charge in [-0.25, -0.2) is 58.7 Å². The molecule has 2 aliphatic carbocycles. The second kappa shape index (κ2) is 51.1. The van der Waals surface area contributed by atoms with Gasteiger partial charge in [-0.1, -0.05) is 22.9 Å². The average molecular weight is 1900 g/mol. The van der Waals surface area contributed by atoms with Gasteiger partial charge in [-0.15, -0.1) is 56.7 Å². The zero-order valence-electron chi connectivity index (χ0n) is 72.5. The van der Waals surface area contributed by atoms with E-state index in [-0.39, 0.29) is 53.3 Å². The first-order valence-corrected chi connectivity index (χ1v) is 47.2. The lowest BCUT2D eigenvalue weighted by Gasteiger charge is -2.24. The van der Waals surface area contributed by atoms with E-state index in [1.165, 1.54) is 69.2 Å². The van der Waals surface area contributed by atoms with Crippen molar-refractivity contribution in [1.82, 2.24) is 29.9 Å². The van der Waals surface area contributed by atoms with Crippen LogP contribution >= 0.6 is 79.6 Å². The number of hydrogen-bond acceptors (Lipinski definition) is 32. The normalized spacial score (nSPS) is 13.4. The van der Waals surface area contributed by atoms with Crippen molar-refractivity contribution in [3.8, 4) is 103 Å². The fourth-order valence-corrected chi connectivity index (χ4v) is 17.0. The number of esters is 6. The van der Waals surface area contributed by atoms with Gasteiger partial charge in [-0.05, 0) is 253 Å². The third kappa shape index (κ3) is 30.3. The predicted molar refractivity (Wildman–Crippen MR) is 492 cm³/mol. The molecule has 0 bridgehead atoms. The fourth-order valence-electron chi connectivity index (χ4n) is 11.8. The zero-order valence-corrected chi connectivity index (χ0v) is 78.2. The average Bonchev–Trinajstić information content (AvgIpc) is 1.65. The van der Waals surface area contributed by atoms with Gasteiger partial charge in [0.1, 0.15) is 87.2 Å². The van der Waals surface area contributed by atoms with Crippen LogP contribution in [0.2, 0.25) is 4.34 Å². The van der Waals surface area contributed by atoms with Crippen molar-refractivity contribution in [3.05, 3.63) is 206 Å². The number of nitrogens with zero attached hydrogens (tertiary/aromatic N) is 6. The second-order valence-electron chi connectivity index (χ2n) is 27.6. The maximum absolute atomic E-state index is 12.4. The van der Waals surface area contributed by atoms with Crippen molar-refractivity contribution in [2.75, 3.05) is 73.2 Å². The Labute approximate surface area is 774 Å². The zero-order chi connectivity index (χ0) is 92.2.